The minimum absolute atomic E-state index is 0.277. The highest BCUT2D eigenvalue weighted by atomic mass is 19.1. The van der Waals surface area contributed by atoms with E-state index in [9.17, 15) is 4.39 Å². The summed E-state index contributed by atoms with van der Waals surface area (Å²) in [5.74, 6) is 0.485. The summed E-state index contributed by atoms with van der Waals surface area (Å²) < 4.78 is 19.4. The van der Waals surface area contributed by atoms with Crippen LogP contribution in [-0.2, 0) is 19.3 Å². The lowest BCUT2D eigenvalue weighted by atomic mass is 10.0. The molecule has 0 saturated heterocycles. The number of methoxy groups -OCH3 is 1. The molecule has 0 atom stereocenters. The van der Waals surface area contributed by atoms with Crippen LogP contribution in [0.4, 0.5) is 4.39 Å². The SMILES string of the molecule is COc1cnc(CCc2cc(Cc3cncc(C)c3)ncc2F)cc1C. The van der Waals surface area contributed by atoms with Crippen LogP contribution in [0, 0.1) is 19.7 Å². The molecule has 0 saturated carbocycles. The maximum atomic E-state index is 14.2. The molecular formula is C21H22FN3O. The number of nitrogens with zero attached hydrogens (tertiary/aromatic N) is 3. The van der Waals surface area contributed by atoms with Crippen LogP contribution in [0.25, 0.3) is 0 Å². The molecule has 0 unspecified atom stereocenters. The normalized spacial score (nSPS) is 10.8. The summed E-state index contributed by atoms with van der Waals surface area (Å²) >= 11 is 0. The standard InChI is InChI=1S/C21H22FN3O/c1-14-6-16(11-23-10-14)8-19-9-17(20(22)12-24-19)4-5-18-7-15(2)21(26-3)13-25-18/h6-7,9-13H,4-5,8H2,1-3H3. The van der Waals surface area contributed by atoms with Gasteiger partial charge in [0.25, 0.3) is 0 Å². The van der Waals surface area contributed by atoms with Crippen LogP contribution in [-0.4, -0.2) is 22.1 Å². The van der Waals surface area contributed by atoms with Gasteiger partial charge in [0.15, 0.2) is 0 Å². The van der Waals surface area contributed by atoms with Crippen LogP contribution < -0.4 is 4.74 Å². The van der Waals surface area contributed by atoms with E-state index < -0.39 is 0 Å². The molecule has 0 aliphatic carbocycles. The molecule has 0 radical (unpaired) electrons. The third kappa shape index (κ3) is 4.42. The van der Waals surface area contributed by atoms with Crippen molar-refractivity contribution in [3.05, 3.63) is 82.4 Å². The molecule has 134 valence electrons. The first-order valence-corrected chi connectivity index (χ1v) is 8.58. The van der Waals surface area contributed by atoms with Gasteiger partial charge in [-0.3, -0.25) is 15.0 Å². The molecule has 0 fully saturated rings. The van der Waals surface area contributed by atoms with E-state index in [4.69, 9.17) is 4.74 Å². The highest BCUT2D eigenvalue weighted by molar-refractivity contribution is 5.32. The molecule has 26 heavy (non-hydrogen) atoms. The fourth-order valence-corrected chi connectivity index (χ4v) is 2.96. The molecule has 0 amide bonds. The van der Waals surface area contributed by atoms with Crippen LogP contribution in [0.15, 0.2) is 43.0 Å². The Balaban J connectivity index is 1.72. The van der Waals surface area contributed by atoms with Crippen molar-refractivity contribution in [2.75, 3.05) is 7.11 Å². The monoisotopic (exact) mass is 351 g/mol. The maximum Gasteiger partial charge on any atom is 0.144 e. The Morgan fingerprint density at radius 3 is 2.46 bits per heavy atom. The predicted octanol–water partition coefficient (Wildman–Crippen LogP) is 4.01. The van der Waals surface area contributed by atoms with Gasteiger partial charge in [-0.1, -0.05) is 6.07 Å². The van der Waals surface area contributed by atoms with Crippen LogP contribution in [0.2, 0.25) is 0 Å². The van der Waals surface area contributed by atoms with Crippen LogP contribution >= 0.6 is 0 Å². The number of hydrogen-bond acceptors (Lipinski definition) is 4. The number of aromatic nitrogens is 3. The molecule has 3 aromatic heterocycles. The van der Waals surface area contributed by atoms with Crippen molar-refractivity contribution < 1.29 is 9.13 Å². The summed E-state index contributed by atoms with van der Waals surface area (Å²) in [6.07, 6.45) is 8.54. The van der Waals surface area contributed by atoms with Crippen LogP contribution in [0.1, 0.15) is 33.6 Å². The van der Waals surface area contributed by atoms with Crippen molar-refractivity contribution in [3.8, 4) is 5.75 Å². The fraction of sp³-hybridized carbons (Fsp3) is 0.286. The van der Waals surface area contributed by atoms with Gasteiger partial charge in [-0.25, -0.2) is 4.39 Å². The summed E-state index contributed by atoms with van der Waals surface area (Å²) in [4.78, 5) is 12.8. The summed E-state index contributed by atoms with van der Waals surface area (Å²) in [6.45, 7) is 3.98. The number of rotatable bonds is 6. The van der Waals surface area contributed by atoms with E-state index in [1.165, 1.54) is 6.20 Å². The van der Waals surface area contributed by atoms with Crippen LogP contribution in [0.5, 0.6) is 5.75 Å². The first-order valence-electron chi connectivity index (χ1n) is 8.58. The Kier molecular flexibility index (Phi) is 5.56. The van der Waals surface area contributed by atoms with Crippen LogP contribution in [0.3, 0.4) is 0 Å². The van der Waals surface area contributed by atoms with Gasteiger partial charge in [0, 0.05) is 30.2 Å². The topological polar surface area (TPSA) is 47.9 Å². The number of hydrogen-bond donors (Lipinski definition) is 0. The van der Waals surface area contributed by atoms with Gasteiger partial charge >= 0.3 is 0 Å². The largest absolute Gasteiger partial charge is 0.495 e. The molecule has 5 heteroatoms. The number of aryl methyl sites for hydroxylation is 4. The lowest BCUT2D eigenvalue weighted by Gasteiger charge is -2.08. The molecule has 3 heterocycles. The van der Waals surface area contributed by atoms with Gasteiger partial charge in [-0.05, 0) is 61.1 Å². The van der Waals surface area contributed by atoms with Crippen molar-refractivity contribution in [2.24, 2.45) is 0 Å². The molecule has 3 rings (SSSR count). The number of ether oxygens (including phenoxy) is 1. The van der Waals surface area contributed by atoms with E-state index >= 15 is 0 Å². The minimum Gasteiger partial charge on any atom is -0.495 e. The molecule has 0 aliphatic rings. The molecule has 0 aliphatic heterocycles. The highest BCUT2D eigenvalue weighted by Gasteiger charge is 2.08. The van der Waals surface area contributed by atoms with E-state index in [1.54, 1.807) is 13.3 Å². The lowest BCUT2D eigenvalue weighted by Crippen LogP contribution is -2.02. The fourth-order valence-electron chi connectivity index (χ4n) is 2.96. The van der Waals surface area contributed by atoms with E-state index in [1.807, 2.05) is 38.4 Å². The van der Waals surface area contributed by atoms with Crippen molar-refractivity contribution in [3.63, 3.8) is 0 Å². The zero-order chi connectivity index (χ0) is 18.5. The van der Waals surface area contributed by atoms with Crippen molar-refractivity contribution in [1.82, 2.24) is 15.0 Å². The van der Waals surface area contributed by atoms with Gasteiger partial charge in [-0.2, -0.15) is 0 Å². The molecule has 0 N–H and O–H groups in total. The molecular weight excluding hydrogens is 329 g/mol. The highest BCUT2D eigenvalue weighted by Crippen LogP contribution is 2.18. The second kappa shape index (κ2) is 8.04. The minimum atomic E-state index is -0.277. The zero-order valence-corrected chi connectivity index (χ0v) is 15.3. The Bertz CT molecular complexity index is 912. The number of pyridine rings is 3. The molecule has 4 nitrogen and oxygen atoms in total. The third-order valence-corrected chi connectivity index (χ3v) is 4.30. The zero-order valence-electron chi connectivity index (χ0n) is 15.3. The summed E-state index contributed by atoms with van der Waals surface area (Å²) in [6, 6.07) is 5.90. The predicted molar refractivity (Wildman–Crippen MR) is 98.9 cm³/mol. The summed E-state index contributed by atoms with van der Waals surface area (Å²) in [5.41, 5.74) is 5.62. The summed E-state index contributed by atoms with van der Waals surface area (Å²) in [7, 11) is 1.63. The van der Waals surface area contributed by atoms with Gasteiger partial charge < -0.3 is 4.74 Å². The number of halogens is 1. The first kappa shape index (κ1) is 18.0. The Morgan fingerprint density at radius 2 is 1.73 bits per heavy atom. The molecule has 0 spiro atoms. The van der Waals surface area contributed by atoms with E-state index in [0.717, 1.165) is 33.8 Å². The van der Waals surface area contributed by atoms with Crippen molar-refractivity contribution in [1.29, 1.82) is 0 Å². The first-order chi connectivity index (χ1) is 12.5. The average molecular weight is 351 g/mol. The van der Waals surface area contributed by atoms with E-state index in [0.29, 0.717) is 24.8 Å². The third-order valence-electron chi connectivity index (χ3n) is 4.30. The Labute approximate surface area is 153 Å². The maximum absolute atomic E-state index is 14.2. The van der Waals surface area contributed by atoms with Gasteiger partial charge in [-0.15, -0.1) is 0 Å². The van der Waals surface area contributed by atoms with E-state index in [-0.39, 0.29) is 5.82 Å². The summed E-state index contributed by atoms with van der Waals surface area (Å²) in [5, 5.41) is 0. The lowest BCUT2D eigenvalue weighted by molar-refractivity contribution is 0.409. The van der Waals surface area contributed by atoms with Gasteiger partial charge in [0.05, 0.1) is 19.5 Å². The Hall–Kier alpha value is -2.82. The van der Waals surface area contributed by atoms with Gasteiger partial charge in [0.2, 0.25) is 0 Å². The van der Waals surface area contributed by atoms with Crippen molar-refractivity contribution in [2.45, 2.75) is 33.1 Å². The smallest absolute Gasteiger partial charge is 0.144 e. The Morgan fingerprint density at radius 1 is 0.923 bits per heavy atom. The van der Waals surface area contributed by atoms with Crippen molar-refractivity contribution >= 4 is 0 Å². The molecule has 0 bridgehead atoms. The molecule has 3 aromatic rings. The average Bonchev–Trinajstić information content (AvgIpc) is 2.62. The quantitative estimate of drug-likeness (QED) is 0.673. The van der Waals surface area contributed by atoms with E-state index in [2.05, 4.69) is 21.0 Å². The second-order valence-corrected chi connectivity index (χ2v) is 6.46. The molecule has 0 aromatic carbocycles. The van der Waals surface area contributed by atoms with Gasteiger partial charge in [0.1, 0.15) is 11.6 Å². The second-order valence-electron chi connectivity index (χ2n) is 6.46.